The first-order valence-electron chi connectivity index (χ1n) is 5.37. The number of benzene rings is 1. The van der Waals surface area contributed by atoms with E-state index in [2.05, 4.69) is 57.0 Å². The van der Waals surface area contributed by atoms with Crippen molar-refractivity contribution in [1.29, 1.82) is 0 Å². The van der Waals surface area contributed by atoms with Crippen molar-refractivity contribution in [2.45, 2.75) is 12.8 Å². The SMILES string of the molecule is Brc1cscc1C1=CCCc2ccccc21. The van der Waals surface area contributed by atoms with Gasteiger partial charge in [0.1, 0.15) is 0 Å². The monoisotopic (exact) mass is 290 g/mol. The Labute approximate surface area is 108 Å². The predicted molar refractivity (Wildman–Crippen MR) is 73.9 cm³/mol. The summed E-state index contributed by atoms with van der Waals surface area (Å²) in [6.45, 7) is 0. The van der Waals surface area contributed by atoms with E-state index in [4.69, 9.17) is 0 Å². The molecule has 16 heavy (non-hydrogen) atoms. The maximum absolute atomic E-state index is 3.62. The van der Waals surface area contributed by atoms with E-state index in [0.717, 1.165) is 6.42 Å². The molecule has 0 radical (unpaired) electrons. The van der Waals surface area contributed by atoms with Crippen LogP contribution in [0.2, 0.25) is 0 Å². The first-order chi connectivity index (χ1) is 7.86. The summed E-state index contributed by atoms with van der Waals surface area (Å²) in [5.41, 5.74) is 5.58. The molecular weight excluding hydrogens is 280 g/mol. The van der Waals surface area contributed by atoms with Crippen LogP contribution < -0.4 is 0 Å². The molecule has 1 aromatic carbocycles. The fourth-order valence-corrected chi connectivity index (χ4v) is 3.72. The highest BCUT2D eigenvalue weighted by Crippen LogP contribution is 2.36. The maximum atomic E-state index is 3.62. The highest BCUT2D eigenvalue weighted by Gasteiger charge is 2.15. The van der Waals surface area contributed by atoms with E-state index < -0.39 is 0 Å². The number of hydrogen-bond acceptors (Lipinski definition) is 1. The highest BCUT2D eigenvalue weighted by atomic mass is 79.9. The normalized spacial score (nSPS) is 14.4. The third kappa shape index (κ3) is 1.66. The van der Waals surface area contributed by atoms with Gasteiger partial charge in [0.05, 0.1) is 0 Å². The summed E-state index contributed by atoms with van der Waals surface area (Å²) in [6.07, 6.45) is 4.67. The predicted octanol–water partition coefficient (Wildman–Crippen LogP) is 4.89. The van der Waals surface area contributed by atoms with Crippen LogP contribution in [0.15, 0.2) is 45.6 Å². The summed E-state index contributed by atoms with van der Waals surface area (Å²) in [5.74, 6) is 0. The van der Waals surface area contributed by atoms with Crippen LogP contribution in [0.25, 0.3) is 5.57 Å². The third-order valence-corrected chi connectivity index (χ3v) is 4.68. The molecule has 0 fully saturated rings. The molecule has 2 heteroatoms. The van der Waals surface area contributed by atoms with E-state index in [-0.39, 0.29) is 0 Å². The van der Waals surface area contributed by atoms with Gasteiger partial charge in [-0.15, -0.1) is 0 Å². The van der Waals surface area contributed by atoms with Crippen molar-refractivity contribution in [3.05, 3.63) is 62.3 Å². The molecule has 0 bridgehead atoms. The molecule has 0 atom stereocenters. The molecule has 1 aromatic heterocycles. The molecule has 0 aliphatic heterocycles. The number of thiophene rings is 1. The van der Waals surface area contributed by atoms with Crippen LogP contribution in [0.5, 0.6) is 0 Å². The van der Waals surface area contributed by atoms with E-state index >= 15 is 0 Å². The molecule has 0 amide bonds. The van der Waals surface area contributed by atoms with Crippen molar-refractivity contribution < 1.29 is 0 Å². The van der Waals surface area contributed by atoms with Gasteiger partial charge in [-0.1, -0.05) is 30.3 Å². The summed E-state index contributed by atoms with van der Waals surface area (Å²) in [5, 5.41) is 4.37. The lowest BCUT2D eigenvalue weighted by molar-refractivity contribution is 0.978. The smallest absolute Gasteiger partial charge is 0.0360 e. The van der Waals surface area contributed by atoms with Gasteiger partial charge in [0, 0.05) is 15.4 Å². The molecule has 1 aliphatic rings. The van der Waals surface area contributed by atoms with Crippen LogP contribution in [0.1, 0.15) is 23.1 Å². The molecule has 0 saturated carbocycles. The van der Waals surface area contributed by atoms with Crippen LogP contribution in [-0.2, 0) is 6.42 Å². The number of aryl methyl sites for hydroxylation is 1. The Balaban J connectivity index is 2.16. The lowest BCUT2D eigenvalue weighted by atomic mass is 9.88. The lowest BCUT2D eigenvalue weighted by Gasteiger charge is -2.17. The van der Waals surface area contributed by atoms with Gasteiger partial charge in [-0.2, -0.15) is 11.3 Å². The van der Waals surface area contributed by atoms with Crippen LogP contribution in [0.3, 0.4) is 0 Å². The Kier molecular flexibility index (Phi) is 2.70. The summed E-state index contributed by atoms with van der Waals surface area (Å²) in [7, 11) is 0. The van der Waals surface area contributed by atoms with Gasteiger partial charge < -0.3 is 0 Å². The molecule has 0 nitrogen and oxygen atoms in total. The minimum atomic E-state index is 1.15. The second-order valence-corrected chi connectivity index (χ2v) is 5.54. The Morgan fingerprint density at radius 2 is 1.94 bits per heavy atom. The van der Waals surface area contributed by atoms with E-state index in [1.165, 1.54) is 33.2 Å². The van der Waals surface area contributed by atoms with Gasteiger partial charge in [0.2, 0.25) is 0 Å². The van der Waals surface area contributed by atoms with E-state index in [9.17, 15) is 0 Å². The van der Waals surface area contributed by atoms with Gasteiger partial charge in [0.15, 0.2) is 0 Å². The van der Waals surface area contributed by atoms with Gasteiger partial charge in [-0.25, -0.2) is 0 Å². The quantitative estimate of drug-likeness (QED) is 0.702. The fraction of sp³-hybridized carbons (Fsp3) is 0.143. The number of allylic oxidation sites excluding steroid dienone is 1. The number of hydrogen-bond donors (Lipinski definition) is 0. The summed E-state index contributed by atoms with van der Waals surface area (Å²) in [4.78, 5) is 0. The van der Waals surface area contributed by atoms with Crippen LogP contribution in [0.4, 0.5) is 0 Å². The molecule has 1 heterocycles. The summed E-state index contributed by atoms with van der Waals surface area (Å²) >= 11 is 5.37. The van der Waals surface area contributed by atoms with Crippen molar-refractivity contribution in [3.63, 3.8) is 0 Å². The highest BCUT2D eigenvalue weighted by molar-refractivity contribution is 9.10. The summed E-state index contributed by atoms with van der Waals surface area (Å²) < 4.78 is 1.21. The average molecular weight is 291 g/mol. The molecule has 2 aromatic rings. The van der Waals surface area contributed by atoms with Crippen LogP contribution in [-0.4, -0.2) is 0 Å². The Morgan fingerprint density at radius 1 is 1.06 bits per heavy atom. The minimum absolute atomic E-state index is 1.15. The molecule has 3 rings (SSSR count). The van der Waals surface area contributed by atoms with E-state index in [0.29, 0.717) is 0 Å². The van der Waals surface area contributed by atoms with E-state index in [1.807, 2.05) is 0 Å². The zero-order chi connectivity index (χ0) is 11.0. The second kappa shape index (κ2) is 4.19. The molecular formula is C14H11BrS. The number of rotatable bonds is 1. The third-order valence-electron chi connectivity index (χ3n) is 2.97. The standard InChI is InChI=1S/C14H11BrS/c15-14-9-16-8-13(14)12-7-3-5-10-4-1-2-6-11(10)12/h1-2,4,6-9H,3,5H2. The maximum Gasteiger partial charge on any atom is 0.0360 e. The van der Waals surface area contributed by atoms with Gasteiger partial charge in [0.25, 0.3) is 0 Å². The Morgan fingerprint density at radius 3 is 2.75 bits per heavy atom. The second-order valence-electron chi connectivity index (χ2n) is 3.95. The Hall–Kier alpha value is -0.860. The minimum Gasteiger partial charge on any atom is -0.151 e. The molecule has 0 N–H and O–H groups in total. The number of halogens is 1. The van der Waals surface area contributed by atoms with Crippen LogP contribution >= 0.6 is 27.3 Å². The molecule has 0 unspecified atom stereocenters. The fourth-order valence-electron chi connectivity index (χ4n) is 2.21. The lowest BCUT2D eigenvalue weighted by Crippen LogP contribution is -2.00. The van der Waals surface area contributed by atoms with Crippen molar-refractivity contribution >= 4 is 32.8 Å². The van der Waals surface area contributed by atoms with Crippen molar-refractivity contribution in [2.24, 2.45) is 0 Å². The van der Waals surface area contributed by atoms with Crippen molar-refractivity contribution in [2.75, 3.05) is 0 Å². The first-order valence-corrected chi connectivity index (χ1v) is 7.10. The molecule has 1 aliphatic carbocycles. The molecule has 0 saturated heterocycles. The van der Waals surface area contributed by atoms with Gasteiger partial charge in [-0.05, 0) is 50.9 Å². The first kappa shape index (κ1) is 10.3. The largest absolute Gasteiger partial charge is 0.151 e. The topological polar surface area (TPSA) is 0 Å². The molecule has 0 spiro atoms. The summed E-state index contributed by atoms with van der Waals surface area (Å²) in [6, 6.07) is 8.72. The Bertz CT molecular complexity index is 551. The average Bonchev–Trinajstić information content (AvgIpc) is 2.75. The van der Waals surface area contributed by atoms with E-state index in [1.54, 1.807) is 11.3 Å². The number of fused-ring (bicyclic) bond motifs is 1. The van der Waals surface area contributed by atoms with Gasteiger partial charge in [-0.3, -0.25) is 0 Å². The zero-order valence-electron chi connectivity index (χ0n) is 8.74. The molecule has 80 valence electrons. The zero-order valence-corrected chi connectivity index (χ0v) is 11.1. The van der Waals surface area contributed by atoms with Crippen molar-refractivity contribution in [3.8, 4) is 0 Å². The van der Waals surface area contributed by atoms with Crippen LogP contribution in [0, 0.1) is 0 Å². The van der Waals surface area contributed by atoms with Crippen molar-refractivity contribution in [1.82, 2.24) is 0 Å². The van der Waals surface area contributed by atoms with Gasteiger partial charge >= 0.3 is 0 Å².